The standard InChI is InChI=1S/C18H20FN/c19-16-3-1-2-12(5-16)10-20-17-7-13-4-14-6-15(9-17)18(14,8-13)11-17/h1-3,5,10,13-15H,4,6-9,11H2. The first-order chi connectivity index (χ1) is 9.68. The number of aliphatic imine (C=N–C) groups is 1. The van der Waals surface area contributed by atoms with Gasteiger partial charge in [0.15, 0.2) is 0 Å². The van der Waals surface area contributed by atoms with Gasteiger partial charge in [0.25, 0.3) is 0 Å². The molecule has 2 heteroatoms. The zero-order valence-electron chi connectivity index (χ0n) is 11.7. The summed E-state index contributed by atoms with van der Waals surface area (Å²) in [5.74, 6) is 2.72. The summed E-state index contributed by atoms with van der Waals surface area (Å²) in [6.45, 7) is 0. The maximum absolute atomic E-state index is 13.3. The highest BCUT2D eigenvalue weighted by Gasteiger charge is 2.70. The molecule has 0 saturated heterocycles. The van der Waals surface area contributed by atoms with Crippen molar-refractivity contribution < 1.29 is 4.39 Å². The molecular weight excluding hydrogens is 249 g/mol. The molecule has 1 spiro atoms. The van der Waals surface area contributed by atoms with Crippen LogP contribution in [0.5, 0.6) is 0 Å². The van der Waals surface area contributed by atoms with Crippen LogP contribution in [0, 0.1) is 29.0 Å². The third-order valence-electron chi connectivity index (χ3n) is 6.77. The van der Waals surface area contributed by atoms with Crippen LogP contribution in [0.4, 0.5) is 4.39 Å². The van der Waals surface area contributed by atoms with Gasteiger partial charge >= 0.3 is 0 Å². The van der Waals surface area contributed by atoms with Gasteiger partial charge in [0.05, 0.1) is 5.54 Å². The van der Waals surface area contributed by atoms with E-state index in [0.29, 0.717) is 5.41 Å². The Morgan fingerprint density at radius 3 is 3.00 bits per heavy atom. The maximum Gasteiger partial charge on any atom is 0.123 e. The van der Waals surface area contributed by atoms with E-state index in [1.54, 1.807) is 12.1 Å². The Kier molecular flexibility index (Phi) is 2.02. The van der Waals surface area contributed by atoms with Gasteiger partial charge in [-0.05, 0) is 79.4 Å². The van der Waals surface area contributed by atoms with Crippen molar-refractivity contribution in [2.45, 2.75) is 44.1 Å². The molecule has 1 nitrogen and oxygen atoms in total. The van der Waals surface area contributed by atoms with Crippen LogP contribution in [0.15, 0.2) is 29.3 Å². The van der Waals surface area contributed by atoms with Crippen LogP contribution in [0.25, 0.3) is 0 Å². The number of fused-ring (bicyclic) bond motifs is 2. The lowest BCUT2D eigenvalue weighted by atomic mass is 9.56. The minimum absolute atomic E-state index is 0.166. The summed E-state index contributed by atoms with van der Waals surface area (Å²) in [7, 11) is 0. The fourth-order valence-corrected chi connectivity index (χ4v) is 6.26. The normalized spacial score (nSPS) is 47.8. The van der Waals surface area contributed by atoms with Crippen molar-refractivity contribution in [2.24, 2.45) is 28.2 Å². The van der Waals surface area contributed by atoms with Crippen LogP contribution in [0.2, 0.25) is 0 Å². The lowest BCUT2D eigenvalue weighted by molar-refractivity contribution is 0.0000991. The van der Waals surface area contributed by atoms with Gasteiger partial charge in [0.2, 0.25) is 0 Å². The molecular formula is C18H20FN. The summed E-state index contributed by atoms with van der Waals surface area (Å²) in [4.78, 5) is 5.01. The number of hydrogen-bond donors (Lipinski definition) is 0. The van der Waals surface area contributed by atoms with Gasteiger partial charge in [-0.15, -0.1) is 0 Å². The smallest absolute Gasteiger partial charge is 0.123 e. The molecule has 20 heavy (non-hydrogen) atoms. The molecule has 5 rings (SSSR count). The van der Waals surface area contributed by atoms with Crippen molar-refractivity contribution in [2.75, 3.05) is 0 Å². The minimum Gasteiger partial charge on any atom is -0.286 e. The van der Waals surface area contributed by atoms with Crippen molar-refractivity contribution in [1.82, 2.24) is 0 Å². The van der Waals surface area contributed by atoms with Crippen LogP contribution in [0.1, 0.15) is 44.1 Å². The van der Waals surface area contributed by atoms with E-state index in [0.717, 1.165) is 23.3 Å². The predicted octanol–water partition coefficient (Wildman–Crippen LogP) is 4.21. The van der Waals surface area contributed by atoms with Crippen LogP contribution in [-0.2, 0) is 0 Å². The number of benzene rings is 1. The highest BCUT2D eigenvalue weighted by molar-refractivity contribution is 5.80. The Morgan fingerprint density at radius 1 is 1.15 bits per heavy atom. The first-order valence-corrected chi connectivity index (χ1v) is 7.98. The summed E-state index contributed by atoms with van der Waals surface area (Å²) in [5.41, 5.74) is 1.79. The first-order valence-electron chi connectivity index (χ1n) is 7.98. The van der Waals surface area contributed by atoms with E-state index >= 15 is 0 Å². The Balaban J connectivity index is 1.47. The molecule has 104 valence electrons. The minimum atomic E-state index is -0.166. The van der Waals surface area contributed by atoms with Crippen LogP contribution in [0.3, 0.4) is 0 Å². The van der Waals surface area contributed by atoms with E-state index in [1.807, 2.05) is 12.3 Å². The molecule has 5 unspecified atom stereocenters. The number of halogens is 1. The average Bonchev–Trinajstić information content (AvgIpc) is 2.73. The predicted molar refractivity (Wildman–Crippen MR) is 77.3 cm³/mol. The molecule has 0 heterocycles. The molecule has 1 aromatic carbocycles. The zero-order chi connectivity index (χ0) is 13.4. The fourth-order valence-electron chi connectivity index (χ4n) is 6.26. The van der Waals surface area contributed by atoms with E-state index in [4.69, 9.17) is 4.99 Å². The Hall–Kier alpha value is -1.18. The van der Waals surface area contributed by atoms with Gasteiger partial charge in [-0.25, -0.2) is 4.39 Å². The quantitative estimate of drug-likeness (QED) is 0.713. The summed E-state index contributed by atoms with van der Waals surface area (Å²) in [5, 5.41) is 0. The van der Waals surface area contributed by atoms with E-state index in [9.17, 15) is 4.39 Å². The van der Waals surface area contributed by atoms with Gasteiger partial charge in [0, 0.05) is 6.21 Å². The van der Waals surface area contributed by atoms with Crippen molar-refractivity contribution in [3.8, 4) is 0 Å². The topological polar surface area (TPSA) is 12.4 Å². The van der Waals surface area contributed by atoms with Gasteiger partial charge in [0.1, 0.15) is 5.82 Å². The lowest BCUT2D eigenvalue weighted by Gasteiger charge is -2.49. The van der Waals surface area contributed by atoms with Crippen molar-refractivity contribution in [1.29, 1.82) is 0 Å². The molecule has 4 saturated carbocycles. The van der Waals surface area contributed by atoms with Gasteiger partial charge in [-0.1, -0.05) is 12.1 Å². The molecule has 0 amide bonds. The second-order valence-corrected chi connectivity index (χ2v) is 7.79. The van der Waals surface area contributed by atoms with Crippen LogP contribution >= 0.6 is 0 Å². The molecule has 0 aliphatic heterocycles. The number of rotatable bonds is 2. The molecule has 3 bridgehead atoms. The fraction of sp³-hybridized carbons (Fsp3) is 0.611. The third kappa shape index (κ3) is 1.35. The molecule has 0 radical (unpaired) electrons. The number of hydrogen-bond acceptors (Lipinski definition) is 1. The Morgan fingerprint density at radius 2 is 2.10 bits per heavy atom. The zero-order valence-corrected chi connectivity index (χ0v) is 11.7. The second-order valence-electron chi connectivity index (χ2n) is 7.79. The third-order valence-corrected chi connectivity index (χ3v) is 6.77. The summed E-state index contributed by atoms with van der Waals surface area (Å²) >= 11 is 0. The van der Waals surface area contributed by atoms with Gasteiger partial charge in [-0.3, -0.25) is 4.99 Å². The van der Waals surface area contributed by atoms with E-state index in [2.05, 4.69) is 0 Å². The molecule has 0 N–H and O–H groups in total. The first kappa shape index (κ1) is 11.5. The summed E-state index contributed by atoms with van der Waals surface area (Å²) < 4.78 is 13.3. The molecule has 4 fully saturated rings. The van der Waals surface area contributed by atoms with Gasteiger partial charge in [-0.2, -0.15) is 0 Å². The highest BCUT2D eigenvalue weighted by atomic mass is 19.1. The molecule has 4 aliphatic carbocycles. The Labute approximate surface area is 119 Å². The van der Waals surface area contributed by atoms with Crippen molar-refractivity contribution in [3.63, 3.8) is 0 Å². The van der Waals surface area contributed by atoms with Crippen molar-refractivity contribution >= 4 is 6.21 Å². The van der Waals surface area contributed by atoms with Crippen LogP contribution < -0.4 is 0 Å². The van der Waals surface area contributed by atoms with E-state index in [1.165, 1.54) is 44.6 Å². The molecule has 0 aromatic heterocycles. The summed E-state index contributed by atoms with van der Waals surface area (Å²) in [6, 6.07) is 6.80. The van der Waals surface area contributed by atoms with Crippen LogP contribution in [-0.4, -0.2) is 11.8 Å². The largest absolute Gasteiger partial charge is 0.286 e. The molecule has 5 atom stereocenters. The Bertz CT molecular complexity index is 605. The SMILES string of the molecule is Fc1cccc(C=NC23CC4CC5CC(C2)C5(C4)C3)c1. The molecule has 1 aromatic rings. The number of nitrogens with zero attached hydrogens (tertiary/aromatic N) is 1. The lowest BCUT2D eigenvalue weighted by Crippen LogP contribution is -2.42. The molecule has 4 aliphatic rings. The van der Waals surface area contributed by atoms with Gasteiger partial charge < -0.3 is 0 Å². The van der Waals surface area contributed by atoms with E-state index in [-0.39, 0.29) is 11.4 Å². The summed E-state index contributed by atoms with van der Waals surface area (Å²) in [6.07, 6.45) is 10.3. The monoisotopic (exact) mass is 269 g/mol. The second kappa shape index (κ2) is 3.52. The highest BCUT2D eigenvalue weighted by Crippen LogP contribution is 2.77. The van der Waals surface area contributed by atoms with E-state index < -0.39 is 0 Å². The maximum atomic E-state index is 13.3. The average molecular weight is 269 g/mol. The van der Waals surface area contributed by atoms with Crippen molar-refractivity contribution in [3.05, 3.63) is 35.6 Å².